The van der Waals surface area contributed by atoms with Crippen molar-refractivity contribution in [2.24, 2.45) is 0 Å². The van der Waals surface area contributed by atoms with Gasteiger partial charge in [-0.3, -0.25) is 4.79 Å². The van der Waals surface area contributed by atoms with E-state index in [1.807, 2.05) is 41.5 Å². The van der Waals surface area contributed by atoms with Gasteiger partial charge in [0.25, 0.3) is 5.91 Å². The number of hydrogen-bond donors (Lipinski definition) is 1. The van der Waals surface area contributed by atoms with E-state index in [4.69, 9.17) is 4.42 Å². The second-order valence-corrected chi connectivity index (χ2v) is 8.64. The maximum Gasteiger partial charge on any atom is 0.290 e. The van der Waals surface area contributed by atoms with Crippen LogP contribution in [0.3, 0.4) is 0 Å². The van der Waals surface area contributed by atoms with E-state index in [1.54, 1.807) is 11.8 Å². The Morgan fingerprint density at radius 1 is 1.13 bits per heavy atom. The molecule has 1 N–H and O–H groups in total. The Balaban J connectivity index is 1.63. The summed E-state index contributed by atoms with van der Waals surface area (Å²) < 4.78 is 5.88. The van der Waals surface area contributed by atoms with E-state index in [9.17, 15) is 4.79 Å². The molecule has 2 aromatic carbocycles. The molecule has 1 amide bonds. The number of aryl methyl sites for hydroxylation is 1. The molecule has 0 fully saturated rings. The average molecular weight is 417 g/mol. The van der Waals surface area contributed by atoms with Crippen molar-refractivity contribution in [3.63, 3.8) is 0 Å². The zero-order valence-electron chi connectivity index (χ0n) is 17.1. The summed E-state index contributed by atoms with van der Waals surface area (Å²) in [5, 5.41) is 1.25. The molecule has 30 heavy (non-hydrogen) atoms. The number of carbonyl (C=O) groups excluding carboxylic acids is 1. The first-order valence-corrected chi connectivity index (χ1v) is 11.6. The fraction of sp³-hybridized carbons (Fsp3) is 0.240. The van der Waals surface area contributed by atoms with Gasteiger partial charge in [-0.15, -0.1) is 0 Å². The van der Waals surface area contributed by atoms with Crippen molar-refractivity contribution >= 4 is 28.6 Å². The topological polar surface area (TPSA) is 49.2 Å². The summed E-state index contributed by atoms with van der Waals surface area (Å²) in [5.74, 6) is 1.96. The van der Waals surface area contributed by atoms with Crippen LogP contribution in [0.2, 0.25) is 0 Å². The van der Waals surface area contributed by atoms with Crippen LogP contribution in [0.1, 0.15) is 44.7 Å². The van der Waals surface area contributed by atoms with E-state index in [0.717, 1.165) is 34.7 Å². The number of para-hydroxylation sites is 1. The molecule has 2 aromatic heterocycles. The van der Waals surface area contributed by atoms with E-state index in [0.29, 0.717) is 12.3 Å². The van der Waals surface area contributed by atoms with Gasteiger partial charge in [-0.05, 0) is 54.5 Å². The third-order valence-corrected chi connectivity index (χ3v) is 6.51. The standard InChI is InChI=1S/C25H24N2O2S/c1-16-7-3-4-8-18(16)24-23-20(19-9-5-6-10-21(19)26-23)13-14-27(24)25(28)22-12-11-17(29-22)15-30-2/h3-12,24,26H,13-15H2,1-2H3. The van der Waals surface area contributed by atoms with Crippen LogP contribution in [0.25, 0.3) is 10.9 Å². The first-order chi connectivity index (χ1) is 14.7. The molecule has 0 spiro atoms. The predicted octanol–water partition coefficient (Wildman–Crippen LogP) is 5.72. The number of carbonyl (C=O) groups is 1. The van der Waals surface area contributed by atoms with Crippen molar-refractivity contribution in [3.8, 4) is 0 Å². The highest BCUT2D eigenvalue weighted by atomic mass is 32.2. The lowest BCUT2D eigenvalue weighted by molar-refractivity contribution is 0.0657. The molecule has 152 valence electrons. The number of furan rings is 1. The predicted molar refractivity (Wildman–Crippen MR) is 122 cm³/mol. The molecular weight excluding hydrogens is 392 g/mol. The minimum Gasteiger partial charge on any atom is -0.455 e. The summed E-state index contributed by atoms with van der Waals surface area (Å²) in [6.45, 7) is 2.77. The van der Waals surface area contributed by atoms with Crippen LogP contribution in [0, 0.1) is 6.92 Å². The molecule has 0 saturated heterocycles. The summed E-state index contributed by atoms with van der Waals surface area (Å²) >= 11 is 1.68. The normalized spacial score (nSPS) is 16.1. The van der Waals surface area contributed by atoms with E-state index < -0.39 is 0 Å². The van der Waals surface area contributed by atoms with Crippen molar-refractivity contribution < 1.29 is 9.21 Å². The van der Waals surface area contributed by atoms with Gasteiger partial charge in [0.05, 0.1) is 11.8 Å². The Hall–Kier alpha value is -2.92. The lowest BCUT2D eigenvalue weighted by Crippen LogP contribution is -2.40. The Morgan fingerprint density at radius 2 is 1.93 bits per heavy atom. The molecule has 5 heteroatoms. The minimum absolute atomic E-state index is 0.0556. The molecule has 4 nitrogen and oxygen atoms in total. The highest BCUT2D eigenvalue weighted by Gasteiger charge is 2.36. The summed E-state index contributed by atoms with van der Waals surface area (Å²) in [7, 11) is 0. The minimum atomic E-state index is -0.163. The number of nitrogens with one attached hydrogen (secondary N) is 1. The fourth-order valence-electron chi connectivity index (χ4n) is 4.53. The van der Waals surface area contributed by atoms with E-state index in [-0.39, 0.29) is 11.9 Å². The Morgan fingerprint density at radius 3 is 2.77 bits per heavy atom. The van der Waals surface area contributed by atoms with Gasteiger partial charge < -0.3 is 14.3 Å². The van der Waals surface area contributed by atoms with Gasteiger partial charge in [0.15, 0.2) is 5.76 Å². The number of rotatable bonds is 4. The summed E-state index contributed by atoms with van der Waals surface area (Å²) in [4.78, 5) is 19.1. The molecule has 1 aliphatic heterocycles. The van der Waals surface area contributed by atoms with Gasteiger partial charge in [-0.2, -0.15) is 11.8 Å². The second kappa shape index (κ2) is 7.73. The lowest BCUT2D eigenvalue weighted by atomic mass is 9.90. The highest BCUT2D eigenvalue weighted by molar-refractivity contribution is 7.97. The van der Waals surface area contributed by atoms with Crippen LogP contribution in [-0.2, 0) is 12.2 Å². The number of aromatic amines is 1. The number of thioether (sulfide) groups is 1. The van der Waals surface area contributed by atoms with Crippen molar-refractivity contribution in [2.75, 3.05) is 12.8 Å². The van der Waals surface area contributed by atoms with Crippen molar-refractivity contribution in [1.29, 1.82) is 0 Å². The average Bonchev–Trinajstić information content (AvgIpc) is 3.38. The molecule has 4 aromatic rings. The van der Waals surface area contributed by atoms with Crippen molar-refractivity contribution in [1.82, 2.24) is 9.88 Å². The molecule has 1 unspecified atom stereocenters. The first-order valence-electron chi connectivity index (χ1n) is 10.2. The lowest BCUT2D eigenvalue weighted by Gasteiger charge is -2.36. The summed E-state index contributed by atoms with van der Waals surface area (Å²) in [5.41, 5.74) is 5.87. The number of benzene rings is 2. The van der Waals surface area contributed by atoms with Gasteiger partial charge in [0.2, 0.25) is 0 Å². The molecule has 1 aliphatic rings. The zero-order chi connectivity index (χ0) is 20.7. The number of hydrogen-bond acceptors (Lipinski definition) is 3. The first kappa shape index (κ1) is 19.1. The van der Waals surface area contributed by atoms with E-state index >= 15 is 0 Å². The number of aromatic nitrogens is 1. The van der Waals surface area contributed by atoms with Crippen LogP contribution in [0.5, 0.6) is 0 Å². The van der Waals surface area contributed by atoms with E-state index in [1.165, 1.54) is 16.5 Å². The SMILES string of the molecule is CSCc1ccc(C(=O)N2CCc3c([nH]c4ccccc34)C2c2ccccc2C)o1. The third kappa shape index (κ3) is 3.14. The second-order valence-electron chi connectivity index (χ2n) is 7.77. The molecule has 0 radical (unpaired) electrons. The van der Waals surface area contributed by atoms with E-state index in [2.05, 4.69) is 42.2 Å². The maximum absolute atomic E-state index is 13.5. The van der Waals surface area contributed by atoms with Gasteiger partial charge >= 0.3 is 0 Å². The monoisotopic (exact) mass is 416 g/mol. The Bertz CT molecular complexity index is 1220. The molecule has 0 bridgehead atoms. The molecule has 0 saturated carbocycles. The fourth-order valence-corrected chi connectivity index (χ4v) is 4.97. The van der Waals surface area contributed by atoms with Crippen LogP contribution in [0.4, 0.5) is 0 Å². The molecule has 3 heterocycles. The summed E-state index contributed by atoms with van der Waals surface area (Å²) in [6.07, 6.45) is 2.85. The third-order valence-electron chi connectivity index (χ3n) is 5.94. The number of amides is 1. The number of nitrogens with zero attached hydrogens (tertiary/aromatic N) is 1. The van der Waals surface area contributed by atoms with Gasteiger partial charge in [0, 0.05) is 23.1 Å². The zero-order valence-corrected chi connectivity index (χ0v) is 18.0. The maximum atomic E-state index is 13.5. The molecule has 5 rings (SSSR count). The Labute approximate surface area is 180 Å². The van der Waals surface area contributed by atoms with Gasteiger partial charge in [-0.1, -0.05) is 42.5 Å². The van der Waals surface area contributed by atoms with Crippen LogP contribution < -0.4 is 0 Å². The van der Waals surface area contributed by atoms with Gasteiger partial charge in [0.1, 0.15) is 5.76 Å². The van der Waals surface area contributed by atoms with Crippen LogP contribution >= 0.6 is 11.8 Å². The van der Waals surface area contributed by atoms with Crippen LogP contribution in [-0.4, -0.2) is 28.6 Å². The number of fused-ring (bicyclic) bond motifs is 3. The molecular formula is C25H24N2O2S. The quantitative estimate of drug-likeness (QED) is 0.463. The van der Waals surface area contributed by atoms with Gasteiger partial charge in [-0.25, -0.2) is 0 Å². The van der Waals surface area contributed by atoms with Crippen molar-refractivity contribution in [2.45, 2.75) is 25.1 Å². The Kier molecular flexibility index (Phi) is 4.91. The smallest absolute Gasteiger partial charge is 0.290 e. The highest BCUT2D eigenvalue weighted by Crippen LogP contribution is 2.40. The molecule has 1 atom stereocenters. The number of H-pyrrole nitrogens is 1. The largest absolute Gasteiger partial charge is 0.455 e. The summed E-state index contributed by atoms with van der Waals surface area (Å²) in [6, 6.07) is 20.3. The van der Waals surface area contributed by atoms with Crippen molar-refractivity contribution in [3.05, 3.63) is 94.6 Å². The molecule has 0 aliphatic carbocycles. The van der Waals surface area contributed by atoms with Crippen LogP contribution in [0.15, 0.2) is 65.1 Å².